The third-order valence-corrected chi connectivity index (χ3v) is 3.55. The van der Waals surface area contributed by atoms with E-state index in [1.165, 1.54) is 12.1 Å². The van der Waals surface area contributed by atoms with Crippen molar-refractivity contribution in [3.05, 3.63) is 30.1 Å². The second-order valence-corrected chi connectivity index (χ2v) is 4.69. The first-order valence-corrected chi connectivity index (χ1v) is 6.03. The number of piperazine rings is 1. The lowest BCUT2D eigenvalue weighted by Gasteiger charge is -2.42. The summed E-state index contributed by atoms with van der Waals surface area (Å²) < 4.78 is 12.9. The Morgan fingerprint density at radius 1 is 1.39 bits per heavy atom. The van der Waals surface area contributed by atoms with E-state index >= 15 is 0 Å². The Balaban J connectivity index is 2.28. The van der Waals surface area contributed by atoms with Gasteiger partial charge in [-0.3, -0.25) is 9.69 Å². The molecule has 0 spiro atoms. The third-order valence-electron chi connectivity index (χ3n) is 3.55. The van der Waals surface area contributed by atoms with Gasteiger partial charge in [0, 0.05) is 24.8 Å². The van der Waals surface area contributed by atoms with Gasteiger partial charge in [0.15, 0.2) is 0 Å². The maximum atomic E-state index is 12.9. The Bertz CT molecular complexity index is 434. The van der Waals surface area contributed by atoms with Crippen molar-refractivity contribution in [2.24, 2.45) is 5.73 Å². The minimum atomic E-state index is -0.307. The number of carbonyl (C=O) groups excluding carboxylic acids is 1. The van der Waals surface area contributed by atoms with Crippen LogP contribution in [0.5, 0.6) is 0 Å². The highest BCUT2D eigenvalue weighted by Crippen LogP contribution is 2.22. The molecule has 0 bridgehead atoms. The summed E-state index contributed by atoms with van der Waals surface area (Å²) in [6.07, 6.45) is 0. The fraction of sp³-hybridized carbons (Fsp3) is 0.462. The van der Waals surface area contributed by atoms with Crippen LogP contribution >= 0.6 is 0 Å². The molecule has 98 valence electrons. The summed E-state index contributed by atoms with van der Waals surface area (Å²) >= 11 is 0. The van der Waals surface area contributed by atoms with E-state index < -0.39 is 0 Å². The van der Waals surface area contributed by atoms with Crippen LogP contribution in [0.1, 0.15) is 6.92 Å². The number of rotatable bonds is 2. The van der Waals surface area contributed by atoms with Gasteiger partial charge in [0.25, 0.3) is 0 Å². The molecule has 0 saturated carbocycles. The molecule has 2 N–H and O–H groups in total. The van der Waals surface area contributed by atoms with Gasteiger partial charge in [-0.25, -0.2) is 4.39 Å². The third kappa shape index (κ3) is 2.23. The normalized spacial score (nSPS) is 25.6. The van der Waals surface area contributed by atoms with Crippen molar-refractivity contribution < 1.29 is 9.18 Å². The summed E-state index contributed by atoms with van der Waals surface area (Å²) in [5, 5.41) is 0. The molecule has 18 heavy (non-hydrogen) atoms. The molecule has 1 aliphatic heterocycles. The van der Waals surface area contributed by atoms with Gasteiger partial charge in [0.2, 0.25) is 5.91 Å². The van der Waals surface area contributed by atoms with E-state index in [0.29, 0.717) is 6.54 Å². The van der Waals surface area contributed by atoms with E-state index in [0.717, 1.165) is 5.69 Å². The number of amides is 1. The number of benzene rings is 1. The standard InChI is InChI=1S/C13H18FN3O/c1-9-8-17(11-5-3-10(14)4-6-11)13(18)12(7-15)16(9)2/h3-6,9,12H,7-8,15H2,1-2H3. The van der Waals surface area contributed by atoms with Crippen LogP contribution in [0.4, 0.5) is 10.1 Å². The summed E-state index contributed by atoms with van der Waals surface area (Å²) in [6.45, 7) is 2.93. The number of anilines is 1. The minimum absolute atomic E-state index is 0.0234. The Morgan fingerprint density at radius 2 is 2.00 bits per heavy atom. The molecular formula is C13H18FN3O. The molecule has 4 nitrogen and oxygen atoms in total. The molecule has 2 unspecified atom stereocenters. The average molecular weight is 251 g/mol. The van der Waals surface area contributed by atoms with Crippen molar-refractivity contribution in [3.8, 4) is 0 Å². The van der Waals surface area contributed by atoms with Crippen LogP contribution in [0.2, 0.25) is 0 Å². The molecule has 0 radical (unpaired) electrons. The predicted octanol–water partition coefficient (Wildman–Crippen LogP) is 0.820. The van der Waals surface area contributed by atoms with E-state index in [9.17, 15) is 9.18 Å². The quantitative estimate of drug-likeness (QED) is 0.846. The first-order chi connectivity index (χ1) is 8.54. The first kappa shape index (κ1) is 13.0. The van der Waals surface area contributed by atoms with Gasteiger partial charge in [-0.05, 0) is 38.2 Å². The van der Waals surface area contributed by atoms with Crippen LogP contribution in [-0.2, 0) is 4.79 Å². The van der Waals surface area contributed by atoms with Crippen LogP contribution in [-0.4, -0.2) is 43.0 Å². The molecule has 1 amide bonds. The van der Waals surface area contributed by atoms with E-state index in [1.807, 2.05) is 18.9 Å². The van der Waals surface area contributed by atoms with Gasteiger partial charge in [-0.2, -0.15) is 0 Å². The van der Waals surface area contributed by atoms with E-state index in [1.54, 1.807) is 17.0 Å². The second kappa shape index (κ2) is 5.04. The lowest BCUT2D eigenvalue weighted by atomic mass is 10.1. The van der Waals surface area contributed by atoms with Gasteiger partial charge in [-0.15, -0.1) is 0 Å². The van der Waals surface area contributed by atoms with Crippen LogP contribution in [0.15, 0.2) is 24.3 Å². The molecule has 1 aromatic rings. The number of nitrogens with zero attached hydrogens (tertiary/aromatic N) is 2. The Hall–Kier alpha value is -1.46. The van der Waals surface area contributed by atoms with Crippen LogP contribution in [0.25, 0.3) is 0 Å². The topological polar surface area (TPSA) is 49.6 Å². The summed E-state index contributed by atoms with van der Waals surface area (Å²) in [6, 6.07) is 5.89. The zero-order valence-corrected chi connectivity index (χ0v) is 10.6. The predicted molar refractivity (Wildman–Crippen MR) is 68.8 cm³/mol. The summed E-state index contributed by atoms with van der Waals surface area (Å²) in [4.78, 5) is 16.0. The summed E-state index contributed by atoms with van der Waals surface area (Å²) in [5.41, 5.74) is 6.38. The van der Waals surface area contributed by atoms with Crippen LogP contribution in [0, 0.1) is 5.82 Å². The van der Waals surface area contributed by atoms with Crippen molar-refractivity contribution in [1.82, 2.24) is 4.90 Å². The largest absolute Gasteiger partial charge is 0.328 e. The fourth-order valence-electron chi connectivity index (χ4n) is 2.27. The van der Waals surface area contributed by atoms with Crippen LogP contribution in [0.3, 0.4) is 0 Å². The second-order valence-electron chi connectivity index (χ2n) is 4.69. The van der Waals surface area contributed by atoms with Gasteiger partial charge in [0.05, 0.1) is 0 Å². The lowest BCUT2D eigenvalue weighted by Crippen LogP contribution is -2.62. The van der Waals surface area contributed by atoms with Crippen molar-refractivity contribution in [1.29, 1.82) is 0 Å². The van der Waals surface area contributed by atoms with E-state index in [4.69, 9.17) is 5.73 Å². The molecule has 1 fully saturated rings. The zero-order valence-electron chi connectivity index (χ0n) is 10.6. The highest BCUT2D eigenvalue weighted by molar-refractivity contribution is 5.98. The number of likely N-dealkylation sites (N-methyl/N-ethyl adjacent to an activating group) is 1. The molecule has 1 saturated heterocycles. The molecule has 2 rings (SSSR count). The molecule has 0 aliphatic carbocycles. The van der Waals surface area contributed by atoms with Gasteiger partial charge < -0.3 is 10.6 Å². The van der Waals surface area contributed by atoms with E-state index in [-0.39, 0.29) is 30.4 Å². The monoisotopic (exact) mass is 251 g/mol. The highest BCUT2D eigenvalue weighted by atomic mass is 19.1. The molecule has 1 aromatic carbocycles. The van der Waals surface area contributed by atoms with Crippen molar-refractivity contribution in [3.63, 3.8) is 0 Å². The summed E-state index contributed by atoms with van der Waals surface area (Å²) in [5.74, 6) is -0.326. The zero-order chi connectivity index (χ0) is 13.3. The number of carbonyl (C=O) groups is 1. The van der Waals surface area contributed by atoms with E-state index in [2.05, 4.69) is 0 Å². The highest BCUT2D eigenvalue weighted by Gasteiger charge is 2.36. The smallest absolute Gasteiger partial charge is 0.245 e. The fourth-order valence-corrected chi connectivity index (χ4v) is 2.27. The van der Waals surface area contributed by atoms with Gasteiger partial charge in [0.1, 0.15) is 11.9 Å². The lowest BCUT2D eigenvalue weighted by molar-refractivity contribution is -0.126. The van der Waals surface area contributed by atoms with Crippen molar-refractivity contribution >= 4 is 11.6 Å². The minimum Gasteiger partial charge on any atom is -0.328 e. The average Bonchev–Trinajstić information content (AvgIpc) is 2.36. The number of nitrogens with two attached hydrogens (primary N) is 1. The molecular weight excluding hydrogens is 233 g/mol. The van der Waals surface area contributed by atoms with Crippen LogP contribution < -0.4 is 10.6 Å². The summed E-state index contributed by atoms with van der Waals surface area (Å²) in [7, 11) is 1.90. The SMILES string of the molecule is CC1CN(c2ccc(F)cc2)C(=O)C(CN)N1C. The molecule has 0 aromatic heterocycles. The number of halogens is 1. The van der Waals surface area contributed by atoms with Gasteiger partial charge in [-0.1, -0.05) is 0 Å². The first-order valence-electron chi connectivity index (χ1n) is 6.03. The maximum absolute atomic E-state index is 12.9. The van der Waals surface area contributed by atoms with Crippen molar-refractivity contribution in [2.45, 2.75) is 19.0 Å². The Morgan fingerprint density at radius 3 is 2.56 bits per heavy atom. The van der Waals surface area contributed by atoms with Gasteiger partial charge >= 0.3 is 0 Å². The maximum Gasteiger partial charge on any atom is 0.245 e. The Labute approximate surface area is 106 Å². The number of hydrogen-bond acceptors (Lipinski definition) is 3. The number of hydrogen-bond donors (Lipinski definition) is 1. The van der Waals surface area contributed by atoms with Crippen molar-refractivity contribution in [2.75, 3.05) is 25.0 Å². The molecule has 5 heteroatoms. The Kier molecular flexibility index (Phi) is 3.63. The molecule has 1 heterocycles. The molecule has 2 atom stereocenters. The molecule has 1 aliphatic rings.